The maximum atomic E-state index is 13.0. The fraction of sp³-hybridized carbons (Fsp3) is 0.292. The van der Waals surface area contributed by atoms with E-state index in [1.807, 2.05) is 36.4 Å². The van der Waals surface area contributed by atoms with Gasteiger partial charge >= 0.3 is 0 Å². The van der Waals surface area contributed by atoms with Crippen molar-refractivity contribution in [1.82, 2.24) is 0 Å². The van der Waals surface area contributed by atoms with Crippen LogP contribution < -0.4 is 23.7 Å². The molecule has 158 valence electrons. The third kappa shape index (κ3) is 4.13. The smallest absolute Gasteiger partial charge is 0.203 e. The molecular weight excluding hydrogens is 384 g/mol. The van der Waals surface area contributed by atoms with E-state index in [1.54, 1.807) is 41.6 Å². The van der Waals surface area contributed by atoms with Gasteiger partial charge in [0.05, 0.1) is 35.5 Å². The highest BCUT2D eigenvalue weighted by atomic mass is 16.5. The fourth-order valence-corrected chi connectivity index (χ4v) is 3.53. The second-order valence-electron chi connectivity index (χ2n) is 6.70. The number of fused-ring (bicyclic) bond motifs is 1. The van der Waals surface area contributed by atoms with Gasteiger partial charge in [-0.05, 0) is 48.2 Å². The predicted molar refractivity (Wildman–Crippen MR) is 115 cm³/mol. The Kier molecular flexibility index (Phi) is 6.67. The zero-order valence-electron chi connectivity index (χ0n) is 17.9. The van der Waals surface area contributed by atoms with E-state index in [9.17, 15) is 4.79 Å². The summed E-state index contributed by atoms with van der Waals surface area (Å²) in [5, 5.41) is 0. The standard InChI is InChI=1S/C24H26O6/c1-26-19-13-17-10-9-16(23(25)18(17)14-20(19)27-2)8-6-7-15-11-21(28-3)24(30-5)22(12-15)29-4/h6-8,11-14H,9-10H2,1-5H3/b7-6+,16-8+. The minimum atomic E-state index is 0.00625. The van der Waals surface area contributed by atoms with Crippen LogP contribution in [0.3, 0.4) is 0 Å². The molecule has 6 nitrogen and oxygen atoms in total. The molecule has 1 aliphatic carbocycles. The maximum absolute atomic E-state index is 13.0. The van der Waals surface area contributed by atoms with Gasteiger partial charge in [-0.2, -0.15) is 0 Å². The topological polar surface area (TPSA) is 63.2 Å². The van der Waals surface area contributed by atoms with Crippen molar-refractivity contribution in [3.63, 3.8) is 0 Å². The molecule has 0 spiro atoms. The number of ketones is 1. The highest BCUT2D eigenvalue weighted by molar-refractivity contribution is 6.11. The average molecular weight is 410 g/mol. The normalized spacial score (nSPS) is 14.6. The van der Waals surface area contributed by atoms with Crippen LogP contribution in [0.4, 0.5) is 0 Å². The summed E-state index contributed by atoms with van der Waals surface area (Å²) in [6.07, 6.45) is 7.05. The van der Waals surface area contributed by atoms with Gasteiger partial charge in [0, 0.05) is 11.1 Å². The van der Waals surface area contributed by atoms with E-state index >= 15 is 0 Å². The lowest BCUT2D eigenvalue weighted by molar-refractivity contribution is 0.102. The number of rotatable bonds is 7. The van der Waals surface area contributed by atoms with Gasteiger partial charge in [-0.1, -0.05) is 18.2 Å². The minimum Gasteiger partial charge on any atom is -0.493 e. The molecule has 0 atom stereocenters. The molecule has 2 aromatic carbocycles. The van der Waals surface area contributed by atoms with Gasteiger partial charge in [-0.25, -0.2) is 0 Å². The van der Waals surface area contributed by atoms with E-state index in [2.05, 4.69) is 0 Å². The molecule has 3 rings (SSSR count). The molecule has 0 N–H and O–H groups in total. The molecular formula is C24H26O6. The molecule has 0 amide bonds. The highest BCUT2D eigenvalue weighted by Gasteiger charge is 2.24. The number of ether oxygens (including phenoxy) is 5. The molecule has 0 heterocycles. The Balaban J connectivity index is 1.87. The summed E-state index contributed by atoms with van der Waals surface area (Å²) in [7, 11) is 7.88. The van der Waals surface area contributed by atoms with Crippen LogP contribution in [0.5, 0.6) is 28.7 Å². The lowest BCUT2D eigenvalue weighted by atomic mass is 9.86. The number of hydrogen-bond acceptors (Lipinski definition) is 6. The Bertz CT molecular complexity index is 978. The fourth-order valence-electron chi connectivity index (χ4n) is 3.53. The van der Waals surface area contributed by atoms with Gasteiger partial charge in [0.25, 0.3) is 0 Å². The van der Waals surface area contributed by atoms with E-state index in [1.165, 1.54) is 0 Å². The molecule has 1 aliphatic rings. The second kappa shape index (κ2) is 9.39. The first kappa shape index (κ1) is 21.3. The first-order chi connectivity index (χ1) is 14.6. The number of carbonyl (C=O) groups is 1. The lowest BCUT2D eigenvalue weighted by Gasteiger charge is -2.19. The van der Waals surface area contributed by atoms with E-state index in [4.69, 9.17) is 23.7 Å². The van der Waals surface area contributed by atoms with Crippen molar-refractivity contribution in [1.29, 1.82) is 0 Å². The van der Waals surface area contributed by atoms with Crippen molar-refractivity contribution in [3.8, 4) is 28.7 Å². The highest BCUT2D eigenvalue weighted by Crippen LogP contribution is 2.39. The number of allylic oxidation sites excluding steroid dienone is 3. The van der Waals surface area contributed by atoms with Crippen molar-refractivity contribution < 1.29 is 28.5 Å². The molecule has 0 radical (unpaired) electrons. The van der Waals surface area contributed by atoms with E-state index < -0.39 is 0 Å². The van der Waals surface area contributed by atoms with E-state index in [0.717, 1.165) is 23.1 Å². The summed E-state index contributed by atoms with van der Waals surface area (Å²) >= 11 is 0. The molecule has 0 bridgehead atoms. The van der Waals surface area contributed by atoms with Crippen LogP contribution in [-0.2, 0) is 6.42 Å². The quantitative estimate of drug-likeness (QED) is 0.627. The van der Waals surface area contributed by atoms with Crippen molar-refractivity contribution in [2.45, 2.75) is 12.8 Å². The number of benzene rings is 2. The number of carbonyl (C=O) groups excluding carboxylic acids is 1. The van der Waals surface area contributed by atoms with Gasteiger partial charge in [0.1, 0.15) is 0 Å². The number of aryl methyl sites for hydroxylation is 1. The second-order valence-corrected chi connectivity index (χ2v) is 6.70. The molecule has 0 aliphatic heterocycles. The summed E-state index contributed by atoms with van der Waals surface area (Å²) in [5.74, 6) is 2.89. The third-order valence-corrected chi connectivity index (χ3v) is 5.08. The monoisotopic (exact) mass is 410 g/mol. The average Bonchev–Trinajstić information content (AvgIpc) is 2.78. The molecule has 0 saturated heterocycles. The number of Topliss-reactive ketones (excluding diaryl/α,β-unsaturated/α-hetero) is 1. The zero-order valence-corrected chi connectivity index (χ0v) is 17.9. The third-order valence-electron chi connectivity index (χ3n) is 5.08. The predicted octanol–water partition coefficient (Wildman–Crippen LogP) is 4.50. The van der Waals surface area contributed by atoms with Crippen LogP contribution in [0.1, 0.15) is 27.9 Å². The minimum absolute atomic E-state index is 0.00625. The molecule has 6 heteroatoms. The van der Waals surface area contributed by atoms with Crippen molar-refractivity contribution >= 4 is 11.9 Å². The van der Waals surface area contributed by atoms with Gasteiger partial charge < -0.3 is 23.7 Å². The Morgan fingerprint density at radius 2 is 1.33 bits per heavy atom. The van der Waals surface area contributed by atoms with Crippen molar-refractivity contribution in [2.24, 2.45) is 0 Å². The maximum Gasteiger partial charge on any atom is 0.203 e. The summed E-state index contributed by atoms with van der Waals surface area (Å²) in [6.45, 7) is 0. The molecule has 0 aromatic heterocycles. The Hall–Kier alpha value is -3.41. The first-order valence-electron chi connectivity index (χ1n) is 9.53. The summed E-state index contributed by atoms with van der Waals surface area (Å²) in [5.41, 5.74) is 3.25. The lowest BCUT2D eigenvalue weighted by Crippen LogP contribution is -2.14. The van der Waals surface area contributed by atoms with Gasteiger partial charge in [-0.3, -0.25) is 4.79 Å². The van der Waals surface area contributed by atoms with E-state index in [0.29, 0.717) is 40.7 Å². The Morgan fingerprint density at radius 3 is 1.90 bits per heavy atom. The zero-order chi connectivity index (χ0) is 21.7. The molecule has 0 saturated carbocycles. The SMILES string of the molecule is COc1cc2c(cc1OC)C(=O)/C(=C/C=C/c1cc(OC)c(OC)c(OC)c1)CC2. The van der Waals surface area contributed by atoms with E-state index in [-0.39, 0.29) is 5.78 Å². The van der Waals surface area contributed by atoms with Crippen LogP contribution in [-0.4, -0.2) is 41.3 Å². The van der Waals surface area contributed by atoms with Crippen LogP contribution in [0.15, 0.2) is 42.0 Å². The largest absolute Gasteiger partial charge is 0.493 e. The van der Waals surface area contributed by atoms with Crippen LogP contribution in [0.2, 0.25) is 0 Å². The molecule has 0 fully saturated rings. The van der Waals surface area contributed by atoms with Crippen LogP contribution in [0, 0.1) is 0 Å². The molecule has 2 aromatic rings. The molecule has 30 heavy (non-hydrogen) atoms. The van der Waals surface area contributed by atoms with Crippen LogP contribution in [0.25, 0.3) is 6.08 Å². The molecule has 0 unspecified atom stereocenters. The van der Waals surface area contributed by atoms with Gasteiger partial charge in [0.2, 0.25) is 5.75 Å². The summed E-state index contributed by atoms with van der Waals surface area (Å²) in [4.78, 5) is 13.0. The van der Waals surface area contributed by atoms with Crippen molar-refractivity contribution in [2.75, 3.05) is 35.5 Å². The number of hydrogen-bond donors (Lipinski definition) is 0. The van der Waals surface area contributed by atoms with Crippen molar-refractivity contribution in [3.05, 3.63) is 58.7 Å². The first-order valence-corrected chi connectivity index (χ1v) is 9.53. The Labute approximate surface area is 176 Å². The van der Waals surface area contributed by atoms with Gasteiger partial charge in [0.15, 0.2) is 28.8 Å². The summed E-state index contributed by atoms with van der Waals surface area (Å²) in [6, 6.07) is 7.35. The summed E-state index contributed by atoms with van der Waals surface area (Å²) < 4.78 is 26.8. The van der Waals surface area contributed by atoms with Crippen LogP contribution >= 0.6 is 0 Å². The Morgan fingerprint density at radius 1 is 0.733 bits per heavy atom. The van der Waals surface area contributed by atoms with Gasteiger partial charge in [-0.15, -0.1) is 0 Å². The number of methoxy groups -OCH3 is 5.